The Bertz CT molecular complexity index is 514. The largest absolute Gasteiger partial charge is 0.504 e. The number of anilines is 1. The summed E-state index contributed by atoms with van der Waals surface area (Å²) >= 11 is 0. The molecule has 0 saturated carbocycles. The van der Waals surface area contributed by atoms with Gasteiger partial charge in [0, 0.05) is 18.1 Å². The van der Waals surface area contributed by atoms with E-state index in [9.17, 15) is 9.90 Å². The summed E-state index contributed by atoms with van der Waals surface area (Å²) < 4.78 is 0. The Morgan fingerprint density at radius 1 is 1.18 bits per heavy atom. The standard InChI is InChI=1S/C12H11N3O2/c16-10-5-3-7-14-12(10)15-11(17)8-9-4-1-2-6-13-9/h1-7,16H,8H2,(H,14,15,17). The zero-order chi connectivity index (χ0) is 12.1. The minimum atomic E-state index is -0.266. The summed E-state index contributed by atoms with van der Waals surface area (Å²) in [5.41, 5.74) is 0.667. The average molecular weight is 229 g/mol. The van der Waals surface area contributed by atoms with Crippen LogP contribution in [-0.2, 0) is 11.2 Å². The van der Waals surface area contributed by atoms with E-state index in [1.54, 1.807) is 24.4 Å². The van der Waals surface area contributed by atoms with Crippen LogP contribution in [0, 0.1) is 0 Å². The topological polar surface area (TPSA) is 75.1 Å². The third-order valence-corrected chi connectivity index (χ3v) is 2.11. The van der Waals surface area contributed by atoms with Crippen LogP contribution in [0.4, 0.5) is 5.82 Å². The Balaban J connectivity index is 2.01. The molecule has 0 aliphatic carbocycles. The zero-order valence-corrected chi connectivity index (χ0v) is 9.00. The second-order valence-electron chi connectivity index (χ2n) is 3.42. The molecular weight excluding hydrogens is 218 g/mol. The molecule has 2 rings (SSSR count). The van der Waals surface area contributed by atoms with Gasteiger partial charge in [-0.05, 0) is 24.3 Å². The van der Waals surface area contributed by atoms with Crippen LogP contribution in [0.5, 0.6) is 5.75 Å². The molecule has 0 fully saturated rings. The molecule has 2 heterocycles. The lowest BCUT2D eigenvalue weighted by Gasteiger charge is -2.05. The van der Waals surface area contributed by atoms with Gasteiger partial charge in [-0.15, -0.1) is 0 Å². The minimum Gasteiger partial charge on any atom is -0.504 e. The molecule has 17 heavy (non-hydrogen) atoms. The number of amides is 1. The molecule has 5 nitrogen and oxygen atoms in total. The van der Waals surface area contributed by atoms with Crippen LogP contribution in [-0.4, -0.2) is 21.0 Å². The Morgan fingerprint density at radius 3 is 2.71 bits per heavy atom. The Morgan fingerprint density at radius 2 is 2.00 bits per heavy atom. The quantitative estimate of drug-likeness (QED) is 0.833. The second-order valence-corrected chi connectivity index (χ2v) is 3.42. The van der Waals surface area contributed by atoms with Gasteiger partial charge in [-0.2, -0.15) is 0 Å². The summed E-state index contributed by atoms with van der Waals surface area (Å²) in [4.78, 5) is 19.5. The average Bonchev–Trinajstić information content (AvgIpc) is 2.33. The Hall–Kier alpha value is -2.43. The van der Waals surface area contributed by atoms with Crippen molar-refractivity contribution in [1.82, 2.24) is 9.97 Å². The molecule has 0 saturated heterocycles. The van der Waals surface area contributed by atoms with Gasteiger partial charge >= 0.3 is 0 Å². The highest BCUT2D eigenvalue weighted by Crippen LogP contribution is 2.18. The summed E-state index contributed by atoms with van der Waals surface area (Å²) in [6, 6.07) is 8.41. The van der Waals surface area contributed by atoms with Gasteiger partial charge in [0.2, 0.25) is 5.91 Å². The molecule has 2 N–H and O–H groups in total. The summed E-state index contributed by atoms with van der Waals surface area (Å²) in [7, 11) is 0. The first-order valence-corrected chi connectivity index (χ1v) is 5.09. The lowest BCUT2D eigenvalue weighted by molar-refractivity contribution is -0.115. The van der Waals surface area contributed by atoms with Crippen LogP contribution >= 0.6 is 0 Å². The molecule has 0 radical (unpaired) electrons. The van der Waals surface area contributed by atoms with Crippen molar-refractivity contribution in [3.8, 4) is 5.75 Å². The number of hydrogen-bond acceptors (Lipinski definition) is 4. The smallest absolute Gasteiger partial charge is 0.231 e. The van der Waals surface area contributed by atoms with E-state index in [1.807, 2.05) is 6.07 Å². The molecule has 0 aromatic carbocycles. The summed E-state index contributed by atoms with van der Waals surface area (Å²) in [5.74, 6) is -0.159. The van der Waals surface area contributed by atoms with Gasteiger partial charge in [-0.1, -0.05) is 6.07 Å². The third kappa shape index (κ3) is 3.01. The molecule has 86 valence electrons. The fourth-order valence-corrected chi connectivity index (χ4v) is 1.34. The third-order valence-electron chi connectivity index (χ3n) is 2.11. The summed E-state index contributed by atoms with van der Waals surface area (Å²) in [5, 5.41) is 12.0. The number of carbonyl (C=O) groups excluding carboxylic acids is 1. The van der Waals surface area contributed by atoms with Crippen LogP contribution in [0.3, 0.4) is 0 Å². The second kappa shape index (κ2) is 5.07. The van der Waals surface area contributed by atoms with Gasteiger partial charge in [0.1, 0.15) is 0 Å². The molecule has 2 aromatic rings. The Labute approximate surface area is 98.2 Å². The highest BCUT2D eigenvalue weighted by Gasteiger charge is 2.08. The zero-order valence-electron chi connectivity index (χ0n) is 9.00. The number of aromatic nitrogens is 2. The molecule has 2 aromatic heterocycles. The molecule has 0 aliphatic heterocycles. The van der Waals surface area contributed by atoms with Gasteiger partial charge in [-0.3, -0.25) is 9.78 Å². The van der Waals surface area contributed by atoms with E-state index in [1.165, 1.54) is 12.3 Å². The van der Waals surface area contributed by atoms with Crippen molar-refractivity contribution in [3.63, 3.8) is 0 Å². The molecule has 0 bridgehead atoms. The van der Waals surface area contributed by atoms with E-state index in [0.29, 0.717) is 5.69 Å². The number of rotatable bonds is 3. The highest BCUT2D eigenvalue weighted by atomic mass is 16.3. The van der Waals surface area contributed by atoms with Gasteiger partial charge in [0.25, 0.3) is 0 Å². The van der Waals surface area contributed by atoms with Crippen molar-refractivity contribution >= 4 is 11.7 Å². The van der Waals surface area contributed by atoms with Crippen molar-refractivity contribution in [2.45, 2.75) is 6.42 Å². The van der Waals surface area contributed by atoms with Crippen LogP contribution < -0.4 is 5.32 Å². The number of hydrogen-bond donors (Lipinski definition) is 2. The van der Waals surface area contributed by atoms with E-state index in [2.05, 4.69) is 15.3 Å². The SMILES string of the molecule is O=C(Cc1ccccn1)Nc1ncccc1O. The molecule has 0 atom stereocenters. The van der Waals surface area contributed by atoms with Crippen molar-refractivity contribution in [2.24, 2.45) is 0 Å². The lowest BCUT2D eigenvalue weighted by Crippen LogP contribution is -2.15. The lowest BCUT2D eigenvalue weighted by atomic mass is 10.2. The fraction of sp³-hybridized carbons (Fsp3) is 0.0833. The van der Waals surface area contributed by atoms with Crippen LogP contribution in [0.2, 0.25) is 0 Å². The molecule has 5 heteroatoms. The predicted octanol–water partition coefficient (Wildman–Crippen LogP) is 1.36. The minimum absolute atomic E-state index is 0.0538. The number of pyridine rings is 2. The van der Waals surface area contributed by atoms with Gasteiger partial charge in [0.15, 0.2) is 11.6 Å². The molecule has 1 amide bonds. The number of nitrogens with one attached hydrogen (secondary N) is 1. The number of nitrogens with zero attached hydrogens (tertiary/aromatic N) is 2. The highest BCUT2D eigenvalue weighted by molar-refractivity contribution is 5.92. The van der Waals surface area contributed by atoms with E-state index in [-0.39, 0.29) is 23.9 Å². The van der Waals surface area contributed by atoms with E-state index in [4.69, 9.17) is 0 Å². The molecule has 0 unspecified atom stereocenters. The van der Waals surface area contributed by atoms with E-state index in [0.717, 1.165) is 0 Å². The first kappa shape index (κ1) is 11.1. The predicted molar refractivity (Wildman–Crippen MR) is 62.5 cm³/mol. The maximum Gasteiger partial charge on any atom is 0.231 e. The number of carbonyl (C=O) groups is 1. The normalized spacial score (nSPS) is 9.88. The first-order valence-electron chi connectivity index (χ1n) is 5.09. The van der Waals surface area contributed by atoms with Crippen LogP contribution in [0.1, 0.15) is 5.69 Å². The fourth-order valence-electron chi connectivity index (χ4n) is 1.34. The van der Waals surface area contributed by atoms with E-state index >= 15 is 0 Å². The van der Waals surface area contributed by atoms with Crippen LogP contribution in [0.25, 0.3) is 0 Å². The maximum atomic E-state index is 11.6. The maximum absolute atomic E-state index is 11.6. The van der Waals surface area contributed by atoms with E-state index < -0.39 is 0 Å². The first-order chi connectivity index (χ1) is 8.25. The number of aromatic hydroxyl groups is 1. The van der Waals surface area contributed by atoms with Gasteiger partial charge < -0.3 is 10.4 Å². The summed E-state index contributed by atoms with van der Waals surface area (Å²) in [6.45, 7) is 0. The van der Waals surface area contributed by atoms with Gasteiger partial charge in [0.05, 0.1) is 6.42 Å². The van der Waals surface area contributed by atoms with Gasteiger partial charge in [-0.25, -0.2) is 4.98 Å². The Kier molecular flexibility index (Phi) is 3.30. The molecular formula is C12H11N3O2. The van der Waals surface area contributed by atoms with Crippen molar-refractivity contribution in [1.29, 1.82) is 0 Å². The monoisotopic (exact) mass is 229 g/mol. The molecule has 0 aliphatic rings. The van der Waals surface area contributed by atoms with Crippen molar-refractivity contribution < 1.29 is 9.90 Å². The molecule has 0 spiro atoms. The van der Waals surface area contributed by atoms with Crippen LogP contribution in [0.15, 0.2) is 42.7 Å². The van der Waals surface area contributed by atoms with Crippen molar-refractivity contribution in [3.05, 3.63) is 48.4 Å². The van der Waals surface area contributed by atoms with Crippen molar-refractivity contribution in [2.75, 3.05) is 5.32 Å². The summed E-state index contributed by atoms with van der Waals surface area (Å²) in [6.07, 6.45) is 3.27.